The molecule has 0 atom stereocenters. The first kappa shape index (κ1) is 14.8. The number of phenolic OH excluding ortho intramolecular Hbond substituents is 1. The highest BCUT2D eigenvalue weighted by atomic mass is 16.5. The van der Waals surface area contributed by atoms with Gasteiger partial charge >= 0.3 is 0 Å². The van der Waals surface area contributed by atoms with E-state index in [1.54, 1.807) is 6.07 Å². The second-order valence-electron chi connectivity index (χ2n) is 4.91. The number of aliphatic hydroxyl groups is 1. The normalized spacial score (nSPS) is 11.6. The van der Waals surface area contributed by atoms with Crippen LogP contribution in [0.5, 0.6) is 11.5 Å². The molecule has 0 aliphatic rings. The number of hydrogen-bond acceptors (Lipinski definition) is 4. The summed E-state index contributed by atoms with van der Waals surface area (Å²) in [6.45, 7) is 7.14. The molecule has 18 heavy (non-hydrogen) atoms. The molecular weight excluding hydrogens is 230 g/mol. The number of phenols is 1. The SMILES string of the molecule is CCOc1cccc(CNC(C)(C)CCO)c1O. The topological polar surface area (TPSA) is 61.7 Å². The van der Waals surface area contributed by atoms with Gasteiger partial charge in [0.25, 0.3) is 0 Å². The first-order valence-corrected chi connectivity index (χ1v) is 6.29. The summed E-state index contributed by atoms with van der Waals surface area (Å²) in [7, 11) is 0. The van der Waals surface area contributed by atoms with Gasteiger partial charge in [-0.1, -0.05) is 12.1 Å². The first-order chi connectivity index (χ1) is 8.50. The fourth-order valence-corrected chi connectivity index (χ4v) is 1.68. The molecule has 4 heteroatoms. The van der Waals surface area contributed by atoms with Crippen LogP contribution in [0.25, 0.3) is 0 Å². The van der Waals surface area contributed by atoms with Gasteiger partial charge in [-0.25, -0.2) is 0 Å². The van der Waals surface area contributed by atoms with Crippen molar-refractivity contribution in [3.63, 3.8) is 0 Å². The predicted molar refractivity (Wildman–Crippen MR) is 71.9 cm³/mol. The van der Waals surface area contributed by atoms with Crippen LogP contribution in [-0.4, -0.2) is 29.0 Å². The molecular formula is C14H23NO3. The molecule has 102 valence electrons. The summed E-state index contributed by atoms with van der Waals surface area (Å²) in [5.74, 6) is 0.698. The van der Waals surface area contributed by atoms with E-state index in [0.29, 0.717) is 25.3 Å². The molecule has 0 amide bonds. The summed E-state index contributed by atoms with van der Waals surface area (Å²) in [6.07, 6.45) is 0.666. The molecule has 0 aliphatic heterocycles. The summed E-state index contributed by atoms with van der Waals surface area (Å²) in [5.41, 5.74) is 0.634. The molecule has 1 aromatic rings. The maximum Gasteiger partial charge on any atom is 0.162 e. The van der Waals surface area contributed by atoms with Crippen LogP contribution >= 0.6 is 0 Å². The first-order valence-electron chi connectivity index (χ1n) is 6.29. The Bertz CT molecular complexity index is 377. The van der Waals surface area contributed by atoms with Crippen LogP contribution in [0.4, 0.5) is 0 Å². The number of benzene rings is 1. The second-order valence-corrected chi connectivity index (χ2v) is 4.91. The molecule has 0 aliphatic carbocycles. The average Bonchev–Trinajstić information content (AvgIpc) is 2.30. The Morgan fingerprint density at radius 3 is 2.67 bits per heavy atom. The van der Waals surface area contributed by atoms with Gasteiger partial charge in [-0.05, 0) is 33.3 Å². The zero-order chi connectivity index (χ0) is 13.6. The summed E-state index contributed by atoms with van der Waals surface area (Å²) in [5, 5.41) is 22.3. The molecule has 0 heterocycles. The summed E-state index contributed by atoms with van der Waals surface area (Å²) < 4.78 is 5.34. The Morgan fingerprint density at radius 2 is 2.06 bits per heavy atom. The fourth-order valence-electron chi connectivity index (χ4n) is 1.68. The molecule has 3 N–H and O–H groups in total. The lowest BCUT2D eigenvalue weighted by Gasteiger charge is -2.25. The molecule has 1 rings (SSSR count). The van der Waals surface area contributed by atoms with Gasteiger partial charge in [-0.2, -0.15) is 0 Å². The van der Waals surface area contributed by atoms with Crippen LogP contribution < -0.4 is 10.1 Å². The monoisotopic (exact) mass is 253 g/mol. The molecule has 0 spiro atoms. The standard InChI is InChI=1S/C14H23NO3/c1-4-18-12-7-5-6-11(13(12)17)10-15-14(2,3)8-9-16/h5-7,15-17H,4,8-10H2,1-3H3. The van der Waals surface area contributed by atoms with E-state index in [4.69, 9.17) is 9.84 Å². The van der Waals surface area contributed by atoms with Crippen molar-refractivity contribution in [2.75, 3.05) is 13.2 Å². The van der Waals surface area contributed by atoms with Crippen molar-refractivity contribution in [3.8, 4) is 11.5 Å². The minimum Gasteiger partial charge on any atom is -0.504 e. The van der Waals surface area contributed by atoms with Gasteiger partial charge in [0.2, 0.25) is 0 Å². The van der Waals surface area contributed by atoms with E-state index < -0.39 is 0 Å². The van der Waals surface area contributed by atoms with Gasteiger partial charge < -0.3 is 20.3 Å². The van der Waals surface area contributed by atoms with Crippen molar-refractivity contribution >= 4 is 0 Å². The van der Waals surface area contributed by atoms with Crippen molar-refractivity contribution in [3.05, 3.63) is 23.8 Å². The van der Waals surface area contributed by atoms with E-state index in [0.717, 1.165) is 5.56 Å². The maximum absolute atomic E-state index is 10.0. The quantitative estimate of drug-likeness (QED) is 0.696. The van der Waals surface area contributed by atoms with E-state index in [9.17, 15) is 5.11 Å². The fraction of sp³-hybridized carbons (Fsp3) is 0.571. The number of nitrogens with one attached hydrogen (secondary N) is 1. The minimum atomic E-state index is -0.164. The lowest BCUT2D eigenvalue weighted by Crippen LogP contribution is -2.39. The lowest BCUT2D eigenvalue weighted by atomic mass is 10.0. The number of para-hydroxylation sites is 1. The third kappa shape index (κ3) is 4.20. The molecule has 0 saturated carbocycles. The third-order valence-electron chi connectivity index (χ3n) is 2.88. The average molecular weight is 253 g/mol. The minimum absolute atomic E-state index is 0.144. The van der Waals surface area contributed by atoms with Crippen molar-refractivity contribution in [1.29, 1.82) is 0 Å². The van der Waals surface area contributed by atoms with Gasteiger partial charge in [-0.15, -0.1) is 0 Å². The van der Waals surface area contributed by atoms with Gasteiger partial charge in [-0.3, -0.25) is 0 Å². The van der Waals surface area contributed by atoms with Gasteiger partial charge in [0.1, 0.15) is 0 Å². The van der Waals surface area contributed by atoms with E-state index in [-0.39, 0.29) is 17.9 Å². The second kappa shape index (κ2) is 6.61. The molecule has 0 fully saturated rings. The van der Waals surface area contributed by atoms with E-state index in [1.165, 1.54) is 0 Å². The highest BCUT2D eigenvalue weighted by Gasteiger charge is 2.17. The van der Waals surface area contributed by atoms with Gasteiger partial charge in [0.15, 0.2) is 11.5 Å². The predicted octanol–water partition coefficient (Wildman–Crippen LogP) is 2.04. The number of aliphatic hydroxyl groups excluding tert-OH is 1. The third-order valence-corrected chi connectivity index (χ3v) is 2.88. The van der Waals surface area contributed by atoms with Crippen LogP contribution in [0, 0.1) is 0 Å². The zero-order valence-electron chi connectivity index (χ0n) is 11.4. The van der Waals surface area contributed by atoms with Gasteiger partial charge in [0, 0.05) is 24.3 Å². The Hall–Kier alpha value is -1.26. The number of aromatic hydroxyl groups is 1. The van der Waals surface area contributed by atoms with Crippen LogP contribution in [0.2, 0.25) is 0 Å². The van der Waals surface area contributed by atoms with Crippen LogP contribution in [0.1, 0.15) is 32.8 Å². The molecule has 1 aromatic carbocycles. The highest BCUT2D eigenvalue weighted by molar-refractivity contribution is 5.45. The lowest BCUT2D eigenvalue weighted by molar-refractivity contribution is 0.229. The molecule has 0 radical (unpaired) electrons. The Morgan fingerprint density at radius 1 is 1.33 bits per heavy atom. The maximum atomic E-state index is 10.0. The van der Waals surface area contributed by atoms with Crippen LogP contribution in [0.15, 0.2) is 18.2 Å². The highest BCUT2D eigenvalue weighted by Crippen LogP contribution is 2.30. The molecule has 0 unspecified atom stereocenters. The zero-order valence-corrected chi connectivity index (χ0v) is 11.4. The van der Waals surface area contributed by atoms with Crippen molar-refractivity contribution in [2.24, 2.45) is 0 Å². The molecule has 0 saturated heterocycles. The smallest absolute Gasteiger partial charge is 0.162 e. The van der Waals surface area contributed by atoms with Gasteiger partial charge in [0.05, 0.1) is 6.61 Å². The molecule has 0 bridgehead atoms. The summed E-state index contributed by atoms with van der Waals surface area (Å²) >= 11 is 0. The van der Waals surface area contributed by atoms with E-state index in [2.05, 4.69) is 5.32 Å². The van der Waals surface area contributed by atoms with Crippen LogP contribution in [-0.2, 0) is 6.54 Å². The van der Waals surface area contributed by atoms with Crippen molar-refractivity contribution in [2.45, 2.75) is 39.3 Å². The van der Waals surface area contributed by atoms with E-state index >= 15 is 0 Å². The number of hydrogen-bond donors (Lipinski definition) is 3. The Kier molecular flexibility index (Phi) is 5.44. The Balaban J connectivity index is 2.70. The molecule has 4 nitrogen and oxygen atoms in total. The van der Waals surface area contributed by atoms with Crippen molar-refractivity contribution < 1.29 is 14.9 Å². The largest absolute Gasteiger partial charge is 0.504 e. The summed E-state index contributed by atoms with van der Waals surface area (Å²) in [6, 6.07) is 5.47. The summed E-state index contributed by atoms with van der Waals surface area (Å²) in [4.78, 5) is 0. The van der Waals surface area contributed by atoms with E-state index in [1.807, 2.05) is 32.9 Å². The van der Waals surface area contributed by atoms with Crippen molar-refractivity contribution in [1.82, 2.24) is 5.32 Å². The molecule has 0 aromatic heterocycles. The number of ether oxygens (including phenoxy) is 1. The Labute approximate surface area is 109 Å². The number of rotatable bonds is 7. The van der Waals surface area contributed by atoms with Crippen LogP contribution in [0.3, 0.4) is 0 Å².